The van der Waals surface area contributed by atoms with Crippen LogP contribution in [0, 0.1) is 0 Å². The van der Waals surface area contributed by atoms with Crippen LogP contribution < -0.4 is 5.32 Å². The molecule has 3 N–H and O–H groups in total. The summed E-state index contributed by atoms with van der Waals surface area (Å²) in [6.45, 7) is 0. The molecule has 1 aromatic heterocycles. The van der Waals surface area contributed by atoms with Crippen LogP contribution in [-0.4, -0.2) is 29.1 Å². The number of benzene rings is 1. The van der Waals surface area contributed by atoms with Gasteiger partial charge in [0.05, 0.1) is 5.56 Å². The van der Waals surface area contributed by atoms with Crippen LogP contribution in [0.2, 0.25) is 0 Å². The predicted molar refractivity (Wildman–Crippen MR) is 65.5 cm³/mol. The molecule has 1 aromatic carbocycles. The Kier molecular flexibility index (Phi) is 2.19. The van der Waals surface area contributed by atoms with Crippen LogP contribution in [0.5, 0.6) is 0 Å². The molecule has 4 heteroatoms. The number of likely N-dealkylation sites (N-methyl/N-ethyl adjacent to an activating group) is 1. The second kappa shape index (κ2) is 3.60. The van der Waals surface area contributed by atoms with E-state index in [4.69, 9.17) is 0 Å². The normalized spacial score (nSPS) is 18.5. The SMILES string of the molecule is CNC1Cc2c[nH]c3ccc(C(=O)O)c(c23)C1. The lowest BCUT2D eigenvalue weighted by molar-refractivity contribution is 0.0695. The molecule has 0 fully saturated rings. The van der Waals surface area contributed by atoms with Crippen LogP contribution in [0.4, 0.5) is 0 Å². The van der Waals surface area contributed by atoms with Crippen molar-refractivity contribution >= 4 is 16.9 Å². The Morgan fingerprint density at radius 2 is 2.29 bits per heavy atom. The molecule has 17 heavy (non-hydrogen) atoms. The summed E-state index contributed by atoms with van der Waals surface area (Å²) < 4.78 is 0. The fourth-order valence-corrected chi connectivity index (χ4v) is 2.73. The summed E-state index contributed by atoms with van der Waals surface area (Å²) in [5.41, 5.74) is 3.63. The third-order valence-corrected chi connectivity index (χ3v) is 3.59. The number of aromatic amines is 1. The molecular formula is C13H14N2O2. The second-order valence-electron chi connectivity index (χ2n) is 4.53. The number of aromatic carboxylic acids is 1. The summed E-state index contributed by atoms with van der Waals surface area (Å²) >= 11 is 0. The van der Waals surface area contributed by atoms with Crippen LogP contribution >= 0.6 is 0 Å². The second-order valence-corrected chi connectivity index (χ2v) is 4.53. The minimum Gasteiger partial charge on any atom is -0.478 e. The Balaban J connectivity index is 2.29. The molecule has 1 heterocycles. The Hall–Kier alpha value is -1.81. The molecule has 4 nitrogen and oxygen atoms in total. The van der Waals surface area contributed by atoms with E-state index in [1.165, 1.54) is 5.56 Å². The van der Waals surface area contributed by atoms with Crippen molar-refractivity contribution in [3.63, 3.8) is 0 Å². The highest BCUT2D eigenvalue weighted by Crippen LogP contribution is 2.32. The molecule has 0 spiro atoms. The number of carbonyl (C=O) groups is 1. The van der Waals surface area contributed by atoms with Crippen molar-refractivity contribution in [3.8, 4) is 0 Å². The van der Waals surface area contributed by atoms with E-state index in [1.807, 2.05) is 19.3 Å². The molecule has 0 amide bonds. The topological polar surface area (TPSA) is 65.1 Å². The fourth-order valence-electron chi connectivity index (χ4n) is 2.73. The number of H-pyrrole nitrogens is 1. The van der Waals surface area contributed by atoms with Crippen molar-refractivity contribution in [1.29, 1.82) is 0 Å². The maximum atomic E-state index is 11.2. The summed E-state index contributed by atoms with van der Waals surface area (Å²) in [5, 5.41) is 13.6. The summed E-state index contributed by atoms with van der Waals surface area (Å²) in [6.07, 6.45) is 3.72. The number of nitrogens with one attached hydrogen (secondary N) is 2. The third-order valence-electron chi connectivity index (χ3n) is 3.59. The molecule has 1 unspecified atom stereocenters. The largest absolute Gasteiger partial charge is 0.478 e. The van der Waals surface area contributed by atoms with Gasteiger partial charge in [0.15, 0.2) is 0 Å². The van der Waals surface area contributed by atoms with Gasteiger partial charge in [-0.15, -0.1) is 0 Å². The first-order valence-electron chi connectivity index (χ1n) is 5.73. The first-order chi connectivity index (χ1) is 8.20. The standard InChI is InChI=1S/C13H14N2O2/c1-14-8-4-7-6-15-11-3-2-9(13(16)17)10(5-8)12(7)11/h2-3,6,8,14-15H,4-5H2,1H3,(H,16,17). The van der Waals surface area contributed by atoms with Gasteiger partial charge >= 0.3 is 5.97 Å². The molecule has 1 aliphatic rings. The van der Waals surface area contributed by atoms with Gasteiger partial charge in [-0.1, -0.05) is 0 Å². The molecule has 88 valence electrons. The average Bonchev–Trinajstić information content (AvgIpc) is 2.73. The monoisotopic (exact) mass is 230 g/mol. The highest BCUT2D eigenvalue weighted by molar-refractivity contribution is 5.98. The molecule has 1 aliphatic carbocycles. The maximum absolute atomic E-state index is 11.2. The van der Waals surface area contributed by atoms with E-state index in [-0.39, 0.29) is 0 Å². The van der Waals surface area contributed by atoms with Gasteiger partial charge in [-0.25, -0.2) is 4.79 Å². The Morgan fingerprint density at radius 3 is 3.00 bits per heavy atom. The summed E-state index contributed by atoms with van der Waals surface area (Å²) in [4.78, 5) is 14.5. The van der Waals surface area contributed by atoms with E-state index in [1.54, 1.807) is 6.07 Å². The van der Waals surface area contributed by atoms with Gasteiger partial charge in [0, 0.05) is 23.1 Å². The Bertz CT molecular complexity index is 601. The van der Waals surface area contributed by atoms with Crippen LogP contribution in [-0.2, 0) is 12.8 Å². The highest BCUT2D eigenvalue weighted by atomic mass is 16.4. The van der Waals surface area contributed by atoms with Crippen LogP contribution in [0.3, 0.4) is 0 Å². The number of rotatable bonds is 2. The minimum absolute atomic E-state index is 0.321. The van der Waals surface area contributed by atoms with E-state index in [0.29, 0.717) is 11.6 Å². The van der Waals surface area contributed by atoms with Crippen molar-refractivity contribution in [2.75, 3.05) is 7.05 Å². The number of carboxylic acid groups (broad SMARTS) is 1. The minimum atomic E-state index is -0.842. The average molecular weight is 230 g/mol. The number of aromatic nitrogens is 1. The Morgan fingerprint density at radius 1 is 1.47 bits per heavy atom. The van der Waals surface area contributed by atoms with Gasteiger partial charge in [0.1, 0.15) is 0 Å². The predicted octanol–water partition coefficient (Wildman–Crippen LogP) is 1.55. The molecule has 0 bridgehead atoms. The molecule has 3 rings (SSSR count). The quantitative estimate of drug-likeness (QED) is 0.733. The third kappa shape index (κ3) is 1.45. The number of carboxylic acids is 1. The van der Waals surface area contributed by atoms with Crippen molar-refractivity contribution in [2.24, 2.45) is 0 Å². The number of hydrogen-bond acceptors (Lipinski definition) is 2. The van der Waals surface area contributed by atoms with Crippen molar-refractivity contribution in [1.82, 2.24) is 10.3 Å². The number of hydrogen-bond donors (Lipinski definition) is 3. The maximum Gasteiger partial charge on any atom is 0.335 e. The first-order valence-corrected chi connectivity index (χ1v) is 5.73. The molecular weight excluding hydrogens is 216 g/mol. The molecule has 0 saturated carbocycles. The zero-order valence-electron chi connectivity index (χ0n) is 9.58. The first kappa shape index (κ1) is 10.4. The van der Waals surface area contributed by atoms with Crippen LogP contribution in [0.15, 0.2) is 18.3 Å². The molecule has 0 saturated heterocycles. The van der Waals surface area contributed by atoms with Gasteiger partial charge in [-0.2, -0.15) is 0 Å². The lowest BCUT2D eigenvalue weighted by atomic mass is 9.86. The highest BCUT2D eigenvalue weighted by Gasteiger charge is 2.24. The van der Waals surface area contributed by atoms with Gasteiger partial charge in [0.25, 0.3) is 0 Å². The van der Waals surface area contributed by atoms with Gasteiger partial charge < -0.3 is 15.4 Å². The van der Waals surface area contributed by atoms with Crippen LogP contribution in [0.25, 0.3) is 10.9 Å². The zero-order valence-corrected chi connectivity index (χ0v) is 9.58. The molecule has 0 radical (unpaired) electrons. The molecule has 1 atom stereocenters. The summed E-state index contributed by atoms with van der Waals surface area (Å²) in [6, 6.07) is 3.87. The van der Waals surface area contributed by atoms with Crippen molar-refractivity contribution < 1.29 is 9.90 Å². The molecule has 0 aliphatic heterocycles. The lowest BCUT2D eigenvalue weighted by Gasteiger charge is -2.23. The van der Waals surface area contributed by atoms with Crippen LogP contribution in [0.1, 0.15) is 21.5 Å². The van der Waals surface area contributed by atoms with Gasteiger partial charge in [-0.3, -0.25) is 0 Å². The molecule has 2 aromatic rings. The lowest BCUT2D eigenvalue weighted by Crippen LogP contribution is -2.32. The van der Waals surface area contributed by atoms with Gasteiger partial charge in [0.2, 0.25) is 0 Å². The van der Waals surface area contributed by atoms with Crippen molar-refractivity contribution in [3.05, 3.63) is 35.0 Å². The van der Waals surface area contributed by atoms with E-state index in [9.17, 15) is 9.90 Å². The summed E-state index contributed by atoms with van der Waals surface area (Å²) in [7, 11) is 1.92. The van der Waals surface area contributed by atoms with E-state index in [0.717, 1.165) is 29.3 Å². The van der Waals surface area contributed by atoms with Gasteiger partial charge in [-0.05, 0) is 43.1 Å². The van der Waals surface area contributed by atoms with E-state index < -0.39 is 5.97 Å². The van der Waals surface area contributed by atoms with E-state index in [2.05, 4.69) is 10.3 Å². The fraction of sp³-hybridized carbons (Fsp3) is 0.308. The Labute approximate surface area is 98.6 Å². The zero-order chi connectivity index (χ0) is 12.0. The van der Waals surface area contributed by atoms with E-state index >= 15 is 0 Å². The van der Waals surface area contributed by atoms with Crippen molar-refractivity contribution in [2.45, 2.75) is 18.9 Å². The summed E-state index contributed by atoms with van der Waals surface area (Å²) in [5.74, 6) is -0.842. The smallest absolute Gasteiger partial charge is 0.335 e.